The monoisotopic (exact) mass is 466 g/mol. The van der Waals surface area contributed by atoms with Gasteiger partial charge in [-0.1, -0.05) is 29.1 Å². The third-order valence-corrected chi connectivity index (χ3v) is 5.09. The number of alkyl halides is 3. The fourth-order valence-electron chi connectivity index (χ4n) is 2.57. The van der Waals surface area contributed by atoms with Gasteiger partial charge in [-0.2, -0.15) is 18.2 Å². The molecule has 4 rings (SSSR count). The summed E-state index contributed by atoms with van der Waals surface area (Å²) >= 11 is 1.14. The Morgan fingerprint density at radius 3 is 2.62 bits per heavy atom. The quantitative estimate of drug-likeness (QED) is 0.247. The van der Waals surface area contributed by atoms with Crippen molar-refractivity contribution in [3.05, 3.63) is 71.6 Å². The predicted molar refractivity (Wildman–Crippen MR) is 105 cm³/mol. The van der Waals surface area contributed by atoms with Crippen LogP contribution in [0.5, 0.6) is 5.75 Å². The van der Waals surface area contributed by atoms with Crippen molar-refractivity contribution in [1.29, 1.82) is 0 Å². The zero-order valence-corrected chi connectivity index (χ0v) is 16.9. The van der Waals surface area contributed by atoms with Gasteiger partial charge >= 0.3 is 6.18 Å². The van der Waals surface area contributed by atoms with Crippen LogP contribution in [-0.2, 0) is 18.5 Å². The van der Waals surface area contributed by atoms with Gasteiger partial charge in [-0.3, -0.25) is 0 Å². The van der Waals surface area contributed by atoms with E-state index in [-0.39, 0.29) is 35.5 Å². The molecule has 2 aromatic heterocycles. The number of benzene rings is 2. The molecule has 4 aromatic rings. The van der Waals surface area contributed by atoms with Crippen LogP contribution in [-0.4, -0.2) is 25.0 Å². The SMILES string of the molecule is Nn1c(COc2ccc(F)cc2)nnc1SCc1nc(-c2cccc(C(F)(F)F)c2)no1. The number of nitrogen functional groups attached to an aromatic ring is 1. The molecule has 0 atom stereocenters. The molecule has 2 N–H and O–H groups in total. The van der Waals surface area contributed by atoms with E-state index in [1.807, 2.05) is 0 Å². The molecule has 8 nitrogen and oxygen atoms in total. The van der Waals surface area contributed by atoms with Crippen LogP contribution in [0, 0.1) is 5.82 Å². The van der Waals surface area contributed by atoms with Crippen LogP contribution in [0.4, 0.5) is 17.6 Å². The van der Waals surface area contributed by atoms with Crippen molar-refractivity contribution in [2.45, 2.75) is 23.7 Å². The van der Waals surface area contributed by atoms with Gasteiger partial charge in [0.15, 0.2) is 5.82 Å². The number of thioether (sulfide) groups is 1. The molecule has 0 radical (unpaired) electrons. The van der Waals surface area contributed by atoms with Crippen molar-refractivity contribution >= 4 is 11.8 Å². The highest BCUT2D eigenvalue weighted by Crippen LogP contribution is 2.31. The third kappa shape index (κ3) is 4.99. The van der Waals surface area contributed by atoms with Crippen molar-refractivity contribution in [3.63, 3.8) is 0 Å². The number of ether oxygens (including phenoxy) is 1. The molecule has 0 bridgehead atoms. The first-order valence-corrected chi connectivity index (χ1v) is 9.99. The van der Waals surface area contributed by atoms with Gasteiger partial charge in [0, 0.05) is 5.56 Å². The van der Waals surface area contributed by atoms with Gasteiger partial charge in [0.25, 0.3) is 0 Å². The minimum atomic E-state index is -4.47. The lowest BCUT2D eigenvalue weighted by Gasteiger charge is -2.06. The Labute approximate surface area is 182 Å². The number of aromatic nitrogens is 5. The van der Waals surface area contributed by atoms with Crippen molar-refractivity contribution in [1.82, 2.24) is 25.0 Å². The van der Waals surface area contributed by atoms with Crippen LogP contribution in [0.15, 0.2) is 58.2 Å². The van der Waals surface area contributed by atoms with Gasteiger partial charge in [-0.05, 0) is 36.4 Å². The van der Waals surface area contributed by atoms with Gasteiger partial charge in [0.05, 0.1) is 11.3 Å². The van der Waals surface area contributed by atoms with E-state index >= 15 is 0 Å². The second-order valence-corrected chi connectivity index (χ2v) is 7.33. The second kappa shape index (κ2) is 8.86. The summed E-state index contributed by atoms with van der Waals surface area (Å²) in [5.41, 5.74) is -0.621. The summed E-state index contributed by atoms with van der Waals surface area (Å²) in [7, 11) is 0. The average molecular weight is 466 g/mol. The van der Waals surface area contributed by atoms with Gasteiger partial charge in [-0.15, -0.1) is 10.2 Å². The summed E-state index contributed by atoms with van der Waals surface area (Å²) in [4.78, 5) is 4.12. The molecular weight excluding hydrogens is 452 g/mol. The van der Waals surface area contributed by atoms with Crippen LogP contribution in [0.1, 0.15) is 17.3 Å². The van der Waals surface area contributed by atoms with Gasteiger partial charge < -0.3 is 15.1 Å². The fourth-order valence-corrected chi connectivity index (χ4v) is 3.29. The molecule has 0 aliphatic carbocycles. The standard InChI is InChI=1S/C19H14F4N6O2S/c20-13-4-6-14(7-5-13)30-9-15-26-27-18(29(15)24)32-10-16-25-17(28-31-16)11-2-1-3-12(8-11)19(21,22)23/h1-8H,9-10,24H2. The van der Waals surface area contributed by atoms with E-state index in [9.17, 15) is 17.6 Å². The minimum absolute atomic E-state index is 0.00987. The van der Waals surface area contributed by atoms with E-state index < -0.39 is 11.7 Å². The maximum atomic E-state index is 12.9. The first-order valence-electron chi connectivity index (χ1n) is 9.00. The highest BCUT2D eigenvalue weighted by atomic mass is 32.2. The van der Waals surface area contributed by atoms with Crippen molar-refractivity contribution in [3.8, 4) is 17.1 Å². The summed E-state index contributed by atoms with van der Waals surface area (Å²) < 4.78 is 63.4. The van der Waals surface area contributed by atoms with E-state index in [1.165, 1.54) is 41.1 Å². The first kappa shape index (κ1) is 21.6. The lowest BCUT2D eigenvalue weighted by Crippen LogP contribution is -2.15. The molecule has 0 aliphatic rings. The second-order valence-electron chi connectivity index (χ2n) is 6.39. The molecule has 13 heteroatoms. The Morgan fingerprint density at radius 1 is 1.09 bits per heavy atom. The number of nitrogens with zero attached hydrogens (tertiary/aromatic N) is 5. The molecule has 0 aliphatic heterocycles. The zero-order valence-electron chi connectivity index (χ0n) is 16.1. The maximum Gasteiger partial charge on any atom is 0.416 e. The summed E-state index contributed by atoms with van der Waals surface area (Å²) in [6.45, 7) is 0.00987. The molecule has 0 saturated carbocycles. The zero-order chi connectivity index (χ0) is 22.7. The largest absolute Gasteiger partial charge is 0.486 e. The molecule has 2 heterocycles. The molecule has 166 valence electrons. The number of rotatable bonds is 7. The maximum absolute atomic E-state index is 12.9. The predicted octanol–water partition coefficient (Wildman–Crippen LogP) is 4.07. The Kier molecular flexibility index (Phi) is 5.99. The molecule has 32 heavy (non-hydrogen) atoms. The summed E-state index contributed by atoms with van der Waals surface area (Å²) in [5, 5.41) is 12.0. The van der Waals surface area contributed by atoms with E-state index in [1.54, 1.807) is 0 Å². The topological polar surface area (TPSA) is 105 Å². The summed E-state index contributed by atoms with van der Waals surface area (Å²) in [6.07, 6.45) is -4.47. The fraction of sp³-hybridized carbons (Fsp3) is 0.158. The van der Waals surface area contributed by atoms with Crippen LogP contribution in [0.25, 0.3) is 11.4 Å². The van der Waals surface area contributed by atoms with Crippen LogP contribution in [0.3, 0.4) is 0 Å². The third-order valence-electron chi connectivity index (χ3n) is 4.16. The van der Waals surface area contributed by atoms with Crippen molar-refractivity contribution in [2.75, 3.05) is 5.84 Å². The Morgan fingerprint density at radius 2 is 1.88 bits per heavy atom. The minimum Gasteiger partial charge on any atom is -0.486 e. The molecule has 0 saturated heterocycles. The Balaban J connectivity index is 1.38. The summed E-state index contributed by atoms with van der Waals surface area (Å²) in [5.74, 6) is 6.73. The van der Waals surface area contributed by atoms with Crippen molar-refractivity contribution < 1.29 is 26.8 Å². The first-order chi connectivity index (χ1) is 15.3. The number of halogens is 4. The molecular formula is C19H14F4N6O2S. The van der Waals surface area contributed by atoms with Crippen molar-refractivity contribution in [2.24, 2.45) is 0 Å². The average Bonchev–Trinajstić information content (AvgIpc) is 3.38. The van der Waals surface area contributed by atoms with E-state index in [0.29, 0.717) is 16.7 Å². The highest BCUT2D eigenvalue weighted by Gasteiger charge is 2.30. The number of nitrogens with two attached hydrogens (primary N) is 1. The molecule has 2 aromatic carbocycles. The lowest BCUT2D eigenvalue weighted by molar-refractivity contribution is -0.137. The van der Waals surface area contributed by atoms with E-state index in [4.69, 9.17) is 15.1 Å². The van der Waals surface area contributed by atoms with E-state index in [2.05, 4.69) is 20.3 Å². The van der Waals surface area contributed by atoms with Crippen LogP contribution >= 0.6 is 11.8 Å². The lowest BCUT2D eigenvalue weighted by atomic mass is 10.1. The molecule has 0 fully saturated rings. The highest BCUT2D eigenvalue weighted by molar-refractivity contribution is 7.98. The Bertz CT molecular complexity index is 1210. The smallest absolute Gasteiger partial charge is 0.416 e. The number of hydrogen-bond acceptors (Lipinski definition) is 8. The van der Waals surface area contributed by atoms with Crippen LogP contribution < -0.4 is 10.6 Å². The van der Waals surface area contributed by atoms with E-state index in [0.717, 1.165) is 23.9 Å². The van der Waals surface area contributed by atoms with Gasteiger partial charge in [0.2, 0.25) is 16.9 Å². The molecule has 0 unspecified atom stereocenters. The van der Waals surface area contributed by atoms with Gasteiger partial charge in [-0.25, -0.2) is 9.07 Å². The molecule has 0 spiro atoms. The Hall–Kier alpha value is -3.61. The summed E-state index contributed by atoms with van der Waals surface area (Å²) in [6, 6.07) is 10.1. The van der Waals surface area contributed by atoms with Gasteiger partial charge in [0.1, 0.15) is 18.2 Å². The van der Waals surface area contributed by atoms with Crippen LogP contribution in [0.2, 0.25) is 0 Å². The number of hydrogen-bond donors (Lipinski definition) is 1. The molecule has 0 amide bonds. The normalized spacial score (nSPS) is 11.6.